The molecule has 2 nitrogen and oxygen atoms in total. The van der Waals surface area contributed by atoms with Gasteiger partial charge in [0, 0.05) is 0 Å². The third-order valence-corrected chi connectivity index (χ3v) is 3.29. The van der Waals surface area contributed by atoms with Crippen LogP contribution in [0.4, 0.5) is 0 Å². The van der Waals surface area contributed by atoms with Crippen LogP contribution in [0, 0.1) is 0 Å². The fourth-order valence-corrected chi connectivity index (χ4v) is 2.11. The van der Waals surface area contributed by atoms with E-state index in [9.17, 15) is 10.2 Å². The summed E-state index contributed by atoms with van der Waals surface area (Å²) in [6.07, 6.45) is 4.75. The normalized spacial score (nSPS) is 12.7. The zero-order valence-corrected chi connectivity index (χ0v) is 11.4. The number of aliphatic hydroxyl groups is 2. The second-order valence-corrected chi connectivity index (χ2v) is 4.81. The third-order valence-electron chi connectivity index (χ3n) is 3.29. The maximum absolute atomic E-state index is 9.99. The molecule has 2 N–H and O–H groups in total. The molecule has 2 aromatic rings. The van der Waals surface area contributed by atoms with Crippen LogP contribution in [-0.4, -0.2) is 16.3 Å². The van der Waals surface area contributed by atoms with Gasteiger partial charge in [0.25, 0.3) is 0 Å². The van der Waals surface area contributed by atoms with Gasteiger partial charge in [-0.15, -0.1) is 0 Å². The Bertz CT molecular complexity index is 546. The molecule has 0 aliphatic rings. The number of aryl methyl sites for hydroxylation is 1. The van der Waals surface area contributed by atoms with E-state index >= 15 is 0 Å². The molecule has 0 spiro atoms. The maximum Gasteiger partial charge on any atom is 0.0727 e. The minimum Gasteiger partial charge on any atom is -0.392 e. The lowest BCUT2D eigenvalue weighted by molar-refractivity contribution is 0.214. The standard InChI is InChI=1S/C18H20O2/c19-14-17-9-5-4-8-16(17)11-13-18(20)12-10-15-6-2-1-3-7-15/h1-9,11,13,18-20H,10,12,14H2/b13-11+/t18-/m1/s1. The molecule has 20 heavy (non-hydrogen) atoms. The van der Waals surface area contributed by atoms with Gasteiger partial charge in [0.05, 0.1) is 12.7 Å². The van der Waals surface area contributed by atoms with Gasteiger partial charge in [-0.05, 0) is 29.5 Å². The van der Waals surface area contributed by atoms with Gasteiger partial charge in [-0.1, -0.05) is 66.7 Å². The number of hydrogen-bond acceptors (Lipinski definition) is 2. The molecule has 2 aromatic carbocycles. The first-order valence-electron chi connectivity index (χ1n) is 6.88. The van der Waals surface area contributed by atoms with Gasteiger partial charge in [-0.25, -0.2) is 0 Å². The van der Waals surface area contributed by atoms with E-state index in [-0.39, 0.29) is 6.61 Å². The Labute approximate surface area is 120 Å². The minimum atomic E-state index is -0.470. The molecule has 0 saturated heterocycles. The van der Waals surface area contributed by atoms with Crippen LogP contribution in [0.1, 0.15) is 23.1 Å². The molecular formula is C18H20O2. The Kier molecular flexibility index (Phi) is 5.54. The third kappa shape index (κ3) is 4.34. The lowest BCUT2D eigenvalue weighted by atomic mass is 10.0. The van der Waals surface area contributed by atoms with Crippen molar-refractivity contribution in [3.05, 3.63) is 77.4 Å². The van der Waals surface area contributed by atoms with E-state index in [2.05, 4.69) is 12.1 Å². The topological polar surface area (TPSA) is 40.5 Å². The van der Waals surface area contributed by atoms with E-state index in [1.54, 1.807) is 6.08 Å². The lowest BCUT2D eigenvalue weighted by Crippen LogP contribution is -2.03. The number of benzene rings is 2. The van der Waals surface area contributed by atoms with Gasteiger partial charge in [0.15, 0.2) is 0 Å². The van der Waals surface area contributed by atoms with Crippen LogP contribution in [0.5, 0.6) is 0 Å². The van der Waals surface area contributed by atoms with Gasteiger partial charge < -0.3 is 10.2 Å². The Morgan fingerprint density at radius 1 is 0.950 bits per heavy atom. The molecule has 0 aliphatic heterocycles. The highest BCUT2D eigenvalue weighted by Crippen LogP contribution is 2.12. The van der Waals surface area contributed by atoms with Crippen molar-refractivity contribution in [2.75, 3.05) is 0 Å². The van der Waals surface area contributed by atoms with E-state index < -0.39 is 6.10 Å². The SMILES string of the molecule is OCc1ccccc1/C=C/[C@H](O)CCc1ccccc1. The Morgan fingerprint density at radius 3 is 2.40 bits per heavy atom. The molecular weight excluding hydrogens is 248 g/mol. The Balaban J connectivity index is 1.90. The van der Waals surface area contributed by atoms with E-state index in [0.29, 0.717) is 6.42 Å². The summed E-state index contributed by atoms with van der Waals surface area (Å²) in [7, 11) is 0. The van der Waals surface area contributed by atoms with Crippen molar-refractivity contribution >= 4 is 6.08 Å². The monoisotopic (exact) mass is 268 g/mol. The molecule has 0 unspecified atom stereocenters. The summed E-state index contributed by atoms with van der Waals surface area (Å²) in [5.74, 6) is 0. The quantitative estimate of drug-likeness (QED) is 0.844. The summed E-state index contributed by atoms with van der Waals surface area (Å²) in [6.45, 7) is 0.0145. The van der Waals surface area contributed by atoms with Gasteiger partial charge in [0.2, 0.25) is 0 Å². The molecule has 0 radical (unpaired) electrons. The average Bonchev–Trinajstić information content (AvgIpc) is 2.52. The first-order chi connectivity index (χ1) is 9.79. The molecule has 2 heteroatoms. The molecule has 0 saturated carbocycles. The van der Waals surface area contributed by atoms with Crippen LogP contribution in [-0.2, 0) is 13.0 Å². The smallest absolute Gasteiger partial charge is 0.0727 e. The molecule has 2 rings (SSSR count). The summed E-state index contributed by atoms with van der Waals surface area (Å²) in [5.41, 5.74) is 3.06. The van der Waals surface area contributed by atoms with E-state index in [1.165, 1.54) is 5.56 Å². The Morgan fingerprint density at radius 2 is 1.65 bits per heavy atom. The average molecular weight is 268 g/mol. The first kappa shape index (κ1) is 14.5. The van der Waals surface area contributed by atoms with E-state index in [4.69, 9.17) is 0 Å². The summed E-state index contributed by atoms with van der Waals surface area (Å²) in [6, 6.07) is 17.8. The van der Waals surface area contributed by atoms with Crippen molar-refractivity contribution < 1.29 is 10.2 Å². The highest BCUT2D eigenvalue weighted by atomic mass is 16.3. The van der Waals surface area contributed by atoms with E-state index in [0.717, 1.165) is 17.5 Å². The fraction of sp³-hybridized carbons (Fsp3) is 0.222. The van der Waals surface area contributed by atoms with Crippen molar-refractivity contribution in [2.24, 2.45) is 0 Å². The summed E-state index contributed by atoms with van der Waals surface area (Å²) in [4.78, 5) is 0. The molecule has 0 amide bonds. The summed E-state index contributed by atoms with van der Waals surface area (Å²) in [5, 5.41) is 19.2. The Hall–Kier alpha value is -1.90. The lowest BCUT2D eigenvalue weighted by Gasteiger charge is -2.06. The first-order valence-corrected chi connectivity index (χ1v) is 6.88. The molecule has 0 fully saturated rings. The second kappa shape index (κ2) is 7.63. The zero-order valence-electron chi connectivity index (χ0n) is 11.4. The van der Waals surface area contributed by atoms with Crippen LogP contribution in [0.2, 0.25) is 0 Å². The molecule has 1 atom stereocenters. The fourth-order valence-electron chi connectivity index (χ4n) is 2.11. The molecule has 0 aromatic heterocycles. The number of aliphatic hydroxyl groups excluding tert-OH is 2. The van der Waals surface area contributed by atoms with Gasteiger partial charge in [0.1, 0.15) is 0 Å². The van der Waals surface area contributed by atoms with E-state index in [1.807, 2.05) is 48.5 Å². The van der Waals surface area contributed by atoms with Crippen molar-refractivity contribution in [3.8, 4) is 0 Å². The summed E-state index contributed by atoms with van der Waals surface area (Å²) < 4.78 is 0. The molecule has 104 valence electrons. The van der Waals surface area contributed by atoms with Crippen LogP contribution < -0.4 is 0 Å². The van der Waals surface area contributed by atoms with Crippen molar-refractivity contribution in [3.63, 3.8) is 0 Å². The predicted molar refractivity (Wildman–Crippen MR) is 82.2 cm³/mol. The maximum atomic E-state index is 9.99. The van der Waals surface area contributed by atoms with Crippen LogP contribution >= 0.6 is 0 Å². The van der Waals surface area contributed by atoms with Crippen LogP contribution in [0.25, 0.3) is 6.08 Å². The number of hydrogen-bond donors (Lipinski definition) is 2. The van der Waals surface area contributed by atoms with Crippen molar-refractivity contribution in [2.45, 2.75) is 25.6 Å². The van der Waals surface area contributed by atoms with Crippen molar-refractivity contribution in [1.82, 2.24) is 0 Å². The van der Waals surface area contributed by atoms with Gasteiger partial charge in [-0.3, -0.25) is 0 Å². The molecule has 0 aliphatic carbocycles. The van der Waals surface area contributed by atoms with Crippen LogP contribution in [0.15, 0.2) is 60.7 Å². The highest BCUT2D eigenvalue weighted by Gasteiger charge is 2.01. The van der Waals surface area contributed by atoms with Gasteiger partial charge >= 0.3 is 0 Å². The molecule has 0 bridgehead atoms. The highest BCUT2D eigenvalue weighted by molar-refractivity contribution is 5.53. The van der Waals surface area contributed by atoms with Crippen molar-refractivity contribution in [1.29, 1.82) is 0 Å². The minimum absolute atomic E-state index is 0.0145. The van der Waals surface area contributed by atoms with Crippen LogP contribution in [0.3, 0.4) is 0 Å². The molecule has 0 heterocycles. The second-order valence-electron chi connectivity index (χ2n) is 4.81. The number of rotatable bonds is 6. The predicted octanol–water partition coefficient (Wildman–Crippen LogP) is 3.19. The summed E-state index contributed by atoms with van der Waals surface area (Å²) >= 11 is 0. The zero-order chi connectivity index (χ0) is 14.2. The largest absolute Gasteiger partial charge is 0.392 e. The van der Waals surface area contributed by atoms with Gasteiger partial charge in [-0.2, -0.15) is 0 Å².